The van der Waals surface area contributed by atoms with Crippen molar-refractivity contribution in [3.8, 4) is 0 Å². The molecule has 0 bridgehead atoms. The van der Waals surface area contributed by atoms with Crippen molar-refractivity contribution in [3.05, 3.63) is 0 Å². The van der Waals surface area contributed by atoms with Crippen LogP contribution in [-0.4, -0.2) is 35.3 Å². The minimum absolute atomic E-state index is 0.292. The highest BCUT2D eigenvalue weighted by molar-refractivity contribution is 5.56. The summed E-state index contributed by atoms with van der Waals surface area (Å²) in [4.78, 5) is 10.7. The molecule has 0 saturated carbocycles. The van der Waals surface area contributed by atoms with Crippen LogP contribution in [0.2, 0.25) is 0 Å². The molecule has 0 aromatic rings. The number of hydrogen-bond donors (Lipinski definition) is 1. The fourth-order valence-electron chi connectivity index (χ4n) is 1.58. The number of likely N-dealkylation sites (tertiary alicyclic amines) is 1. The second-order valence-corrected chi connectivity index (χ2v) is 2.90. The van der Waals surface area contributed by atoms with Gasteiger partial charge in [-0.1, -0.05) is 0 Å². The van der Waals surface area contributed by atoms with Crippen molar-refractivity contribution in [1.29, 1.82) is 0 Å². The summed E-state index contributed by atoms with van der Waals surface area (Å²) in [5.74, 6) is 0. The minimum Gasteiger partial charge on any atom is -0.435 e. The van der Waals surface area contributed by atoms with Crippen molar-refractivity contribution in [1.82, 2.24) is 0 Å². The quantitative estimate of drug-likeness (QED) is 0.563. The third-order valence-corrected chi connectivity index (χ3v) is 2.43. The SMILES string of the molecule is CC[N+]1(C(=O)O)CCCC1. The van der Waals surface area contributed by atoms with Crippen molar-refractivity contribution >= 4 is 6.09 Å². The van der Waals surface area contributed by atoms with Gasteiger partial charge in [0.2, 0.25) is 0 Å². The molecule has 0 atom stereocenters. The molecule has 10 heavy (non-hydrogen) atoms. The molecule has 1 fully saturated rings. The smallest absolute Gasteiger partial charge is 0.435 e. The first-order chi connectivity index (χ1) is 4.71. The van der Waals surface area contributed by atoms with Gasteiger partial charge in [-0.2, -0.15) is 4.79 Å². The average Bonchev–Trinajstić information content (AvgIpc) is 2.35. The Balaban J connectivity index is 2.67. The lowest BCUT2D eigenvalue weighted by molar-refractivity contribution is -0.842. The Morgan fingerprint density at radius 3 is 2.20 bits per heavy atom. The van der Waals surface area contributed by atoms with Gasteiger partial charge in [-0.3, -0.25) is 0 Å². The van der Waals surface area contributed by atoms with Gasteiger partial charge in [0.25, 0.3) is 0 Å². The van der Waals surface area contributed by atoms with Crippen molar-refractivity contribution in [2.75, 3.05) is 19.6 Å². The van der Waals surface area contributed by atoms with Gasteiger partial charge in [0.1, 0.15) is 0 Å². The second-order valence-electron chi connectivity index (χ2n) is 2.90. The summed E-state index contributed by atoms with van der Waals surface area (Å²) >= 11 is 0. The Hall–Kier alpha value is -0.570. The van der Waals surface area contributed by atoms with E-state index in [0.29, 0.717) is 4.48 Å². The van der Waals surface area contributed by atoms with E-state index >= 15 is 0 Å². The first kappa shape index (κ1) is 7.54. The van der Waals surface area contributed by atoms with Gasteiger partial charge in [-0.25, -0.2) is 4.48 Å². The van der Waals surface area contributed by atoms with Crippen molar-refractivity contribution in [3.63, 3.8) is 0 Å². The summed E-state index contributed by atoms with van der Waals surface area (Å²) in [6.45, 7) is 4.33. The van der Waals surface area contributed by atoms with Crippen LogP contribution in [-0.2, 0) is 0 Å². The van der Waals surface area contributed by atoms with Crippen LogP contribution in [0.1, 0.15) is 19.8 Å². The third-order valence-electron chi connectivity index (χ3n) is 2.43. The maximum absolute atomic E-state index is 10.7. The van der Waals surface area contributed by atoms with Gasteiger partial charge in [0.05, 0.1) is 19.6 Å². The van der Waals surface area contributed by atoms with E-state index in [1.54, 1.807) is 0 Å². The Morgan fingerprint density at radius 1 is 1.50 bits per heavy atom. The van der Waals surface area contributed by atoms with Gasteiger partial charge >= 0.3 is 6.09 Å². The Bertz CT molecular complexity index is 139. The summed E-state index contributed by atoms with van der Waals surface area (Å²) in [5.41, 5.74) is 0. The number of rotatable bonds is 1. The Labute approximate surface area is 60.8 Å². The molecule has 1 aliphatic heterocycles. The van der Waals surface area contributed by atoms with E-state index in [9.17, 15) is 4.79 Å². The van der Waals surface area contributed by atoms with Crippen molar-refractivity contribution in [2.24, 2.45) is 0 Å². The lowest BCUT2D eigenvalue weighted by atomic mass is 10.4. The Kier molecular flexibility index (Phi) is 1.94. The summed E-state index contributed by atoms with van der Waals surface area (Å²) in [6, 6.07) is 0. The van der Waals surface area contributed by atoms with Crippen LogP contribution in [0.4, 0.5) is 4.79 Å². The second kappa shape index (κ2) is 2.58. The van der Waals surface area contributed by atoms with Gasteiger partial charge in [-0.15, -0.1) is 0 Å². The van der Waals surface area contributed by atoms with Crippen LogP contribution in [0.25, 0.3) is 0 Å². The van der Waals surface area contributed by atoms with Gasteiger partial charge < -0.3 is 5.11 Å². The standard InChI is InChI=1S/C7H13NO2/c1-2-8(7(9)10)5-3-4-6-8/h2-6H2,1H3/p+1. The summed E-state index contributed by atoms with van der Waals surface area (Å²) < 4.78 is 0.292. The summed E-state index contributed by atoms with van der Waals surface area (Å²) in [6.07, 6.45) is 1.49. The number of hydrogen-bond acceptors (Lipinski definition) is 1. The van der Waals surface area contributed by atoms with E-state index in [2.05, 4.69) is 0 Å². The minimum atomic E-state index is -0.653. The molecule has 3 heteroatoms. The maximum atomic E-state index is 10.7. The van der Waals surface area contributed by atoms with Crippen molar-refractivity contribution < 1.29 is 14.4 Å². The fraction of sp³-hybridized carbons (Fsp3) is 0.857. The number of carbonyl (C=O) groups is 1. The zero-order valence-electron chi connectivity index (χ0n) is 6.34. The number of amides is 1. The summed E-state index contributed by atoms with van der Waals surface area (Å²) in [5, 5.41) is 8.84. The first-order valence-electron chi connectivity index (χ1n) is 3.81. The van der Waals surface area contributed by atoms with E-state index in [1.165, 1.54) is 0 Å². The van der Waals surface area contributed by atoms with Crippen molar-refractivity contribution in [2.45, 2.75) is 19.8 Å². The summed E-state index contributed by atoms with van der Waals surface area (Å²) in [7, 11) is 0. The van der Waals surface area contributed by atoms with Crippen LogP contribution in [0.15, 0.2) is 0 Å². The molecule has 1 aliphatic rings. The molecule has 3 nitrogen and oxygen atoms in total. The molecular formula is C7H14NO2+. The molecule has 1 rings (SSSR count). The van der Waals surface area contributed by atoms with E-state index in [-0.39, 0.29) is 0 Å². The van der Waals surface area contributed by atoms with Crippen LogP contribution < -0.4 is 0 Å². The van der Waals surface area contributed by atoms with Gasteiger partial charge in [0, 0.05) is 12.8 Å². The molecule has 0 radical (unpaired) electrons. The van der Waals surface area contributed by atoms with Gasteiger partial charge in [-0.05, 0) is 6.92 Å². The predicted molar refractivity (Wildman–Crippen MR) is 37.8 cm³/mol. The normalized spacial score (nSPS) is 22.9. The number of quaternary nitrogens is 1. The molecule has 0 aliphatic carbocycles. The van der Waals surface area contributed by atoms with Crippen LogP contribution >= 0.6 is 0 Å². The molecule has 0 aromatic heterocycles. The molecule has 1 N–H and O–H groups in total. The molecule has 1 saturated heterocycles. The van der Waals surface area contributed by atoms with Gasteiger partial charge in [0.15, 0.2) is 0 Å². The number of carboxylic acid groups (broad SMARTS) is 1. The number of nitrogens with zero attached hydrogens (tertiary/aromatic N) is 1. The zero-order valence-corrected chi connectivity index (χ0v) is 6.34. The van der Waals surface area contributed by atoms with E-state index < -0.39 is 6.09 Å². The van der Waals surface area contributed by atoms with E-state index in [0.717, 1.165) is 32.5 Å². The van der Waals surface area contributed by atoms with Crippen LogP contribution in [0.3, 0.4) is 0 Å². The average molecular weight is 144 g/mol. The van der Waals surface area contributed by atoms with E-state index in [4.69, 9.17) is 5.11 Å². The fourth-order valence-corrected chi connectivity index (χ4v) is 1.58. The first-order valence-corrected chi connectivity index (χ1v) is 3.81. The molecule has 1 heterocycles. The lowest BCUT2D eigenvalue weighted by Gasteiger charge is -2.25. The topological polar surface area (TPSA) is 37.3 Å². The Morgan fingerprint density at radius 2 is 2.00 bits per heavy atom. The predicted octanol–water partition coefficient (Wildman–Crippen LogP) is 1.29. The van der Waals surface area contributed by atoms with Crippen LogP contribution in [0, 0.1) is 0 Å². The zero-order chi connectivity index (χ0) is 7.61. The molecular weight excluding hydrogens is 130 g/mol. The van der Waals surface area contributed by atoms with Crippen LogP contribution in [0.5, 0.6) is 0 Å². The van der Waals surface area contributed by atoms with E-state index in [1.807, 2.05) is 6.92 Å². The molecule has 1 amide bonds. The molecule has 0 aromatic carbocycles. The molecule has 58 valence electrons. The lowest BCUT2D eigenvalue weighted by Crippen LogP contribution is -2.49. The highest BCUT2D eigenvalue weighted by atomic mass is 16.4. The largest absolute Gasteiger partial charge is 0.513 e. The third kappa shape index (κ3) is 1.01. The monoisotopic (exact) mass is 144 g/mol. The molecule has 0 spiro atoms. The highest BCUT2D eigenvalue weighted by Crippen LogP contribution is 2.18. The molecule has 0 unspecified atom stereocenters. The maximum Gasteiger partial charge on any atom is 0.513 e. The highest BCUT2D eigenvalue weighted by Gasteiger charge is 2.38.